The van der Waals surface area contributed by atoms with Crippen molar-refractivity contribution in [1.82, 2.24) is 0 Å². The molecule has 0 N–H and O–H groups in total. The average molecular weight is 326 g/mol. The van der Waals surface area contributed by atoms with Crippen LogP contribution in [0.3, 0.4) is 0 Å². The number of fused-ring (bicyclic) bond motifs is 4. The number of carbonyl (C=O) groups is 2. The summed E-state index contributed by atoms with van der Waals surface area (Å²) in [7, 11) is 0. The maximum absolute atomic E-state index is 12.2. The van der Waals surface area contributed by atoms with E-state index in [1.807, 2.05) is 0 Å². The Kier molecular flexibility index (Phi) is 2.79. The molecule has 0 saturated carbocycles. The molecule has 0 amide bonds. The Hall–Kier alpha value is -3.06. The van der Waals surface area contributed by atoms with Crippen LogP contribution >= 0.6 is 11.3 Å². The number of benzene rings is 2. The number of carbonyl (C=O) groups excluding carboxylic acids is 2. The van der Waals surface area contributed by atoms with E-state index in [1.165, 1.54) is 35.6 Å². The van der Waals surface area contributed by atoms with Crippen LogP contribution in [0.4, 0.5) is 0 Å². The Morgan fingerprint density at radius 1 is 0.696 bits per heavy atom. The van der Waals surface area contributed by atoms with Crippen molar-refractivity contribution in [2.24, 2.45) is 0 Å². The smallest absolute Gasteiger partial charge is 0.346 e. The normalized spacial score (nSPS) is 13.2. The molecule has 7 heteroatoms. The molecule has 1 aromatic heterocycles. The third-order valence-electron chi connectivity index (χ3n) is 3.47. The van der Waals surface area contributed by atoms with Gasteiger partial charge >= 0.3 is 23.2 Å². The van der Waals surface area contributed by atoms with Gasteiger partial charge in [0.25, 0.3) is 0 Å². The van der Waals surface area contributed by atoms with Crippen molar-refractivity contribution < 1.29 is 18.7 Å². The molecule has 4 bridgehead atoms. The van der Waals surface area contributed by atoms with Crippen LogP contribution in [0.25, 0.3) is 20.2 Å². The summed E-state index contributed by atoms with van der Waals surface area (Å²) in [5, 5.41) is -0.232. The van der Waals surface area contributed by atoms with E-state index >= 15 is 0 Å². The topological polar surface area (TPSA) is 90.7 Å². The van der Waals surface area contributed by atoms with Gasteiger partial charge in [-0.15, -0.1) is 11.3 Å². The second-order valence-corrected chi connectivity index (χ2v) is 6.02. The summed E-state index contributed by atoms with van der Waals surface area (Å²) in [6, 6.07) is 8.86. The molecule has 0 saturated heterocycles. The van der Waals surface area contributed by atoms with E-state index < -0.39 is 23.2 Å². The molecule has 0 fully saturated rings. The summed E-state index contributed by atoms with van der Waals surface area (Å²) in [5.41, 5.74) is -2.17. The highest BCUT2D eigenvalue weighted by molar-refractivity contribution is 7.22. The third-order valence-corrected chi connectivity index (χ3v) is 4.45. The van der Waals surface area contributed by atoms with Gasteiger partial charge in [-0.25, -0.2) is 19.2 Å². The van der Waals surface area contributed by atoms with E-state index in [0.717, 1.165) is 0 Å². The molecule has 23 heavy (non-hydrogen) atoms. The third kappa shape index (κ3) is 2.09. The van der Waals surface area contributed by atoms with E-state index in [9.17, 15) is 19.2 Å². The second kappa shape index (κ2) is 4.72. The molecule has 0 aliphatic carbocycles. The largest absolute Gasteiger partial charge is 0.386 e. The number of hydrogen-bond acceptors (Lipinski definition) is 7. The minimum atomic E-state index is -0.969. The van der Waals surface area contributed by atoms with Gasteiger partial charge in [0.1, 0.15) is 0 Å². The average Bonchev–Trinajstić information content (AvgIpc) is 2.52. The zero-order valence-electron chi connectivity index (χ0n) is 11.3. The molecular weight excluding hydrogens is 320 g/mol. The van der Waals surface area contributed by atoms with Crippen molar-refractivity contribution in [3.05, 3.63) is 68.4 Å². The maximum atomic E-state index is 12.2. The summed E-state index contributed by atoms with van der Waals surface area (Å²) in [4.78, 5) is 48.7. The number of rotatable bonds is 0. The predicted octanol–water partition coefficient (Wildman–Crippen LogP) is 2.24. The van der Waals surface area contributed by atoms with Gasteiger partial charge < -0.3 is 9.15 Å². The van der Waals surface area contributed by atoms with E-state index in [1.54, 1.807) is 12.1 Å². The van der Waals surface area contributed by atoms with Crippen molar-refractivity contribution in [1.29, 1.82) is 0 Å². The quantitative estimate of drug-likeness (QED) is 0.465. The van der Waals surface area contributed by atoms with Crippen LogP contribution in [0.1, 0.15) is 20.7 Å². The lowest BCUT2D eigenvalue weighted by molar-refractivity contribution is 0.0400. The number of cyclic esters (lactones) is 2. The van der Waals surface area contributed by atoms with Crippen LogP contribution in [0.2, 0.25) is 0 Å². The van der Waals surface area contributed by atoms with Gasteiger partial charge in [0.2, 0.25) is 0 Å². The van der Waals surface area contributed by atoms with Crippen molar-refractivity contribution in [3.63, 3.8) is 0 Å². The Bertz CT molecular complexity index is 1080. The lowest BCUT2D eigenvalue weighted by Crippen LogP contribution is -2.19. The predicted molar refractivity (Wildman–Crippen MR) is 82.7 cm³/mol. The van der Waals surface area contributed by atoms with Gasteiger partial charge in [0.05, 0.1) is 21.9 Å². The zero-order valence-corrected chi connectivity index (χ0v) is 12.1. The first-order valence-corrected chi connectivity index (χ1v) is 7.33. The van der Waals surface area contributed by atoms with Crippen LogP contribution in [0.15, 0.2) is 50.4 Å². The molecular formula is C16H6O6S. The summed E-state index contributed by atoms with van der Waals surface area (Å²) in [6.45, 7) is 0. The van der Waals surface area contributed by atoms with E-state index in [4.69, 9.17) is 9.15 Å². The highest BCUT2D eigenvalue weighted by Crippen LogP contribution is 2.23. The Labute approximate surface area is 131 Å². The van der Waals surface area contributed by atoms with Crippen LogP contribution in [0, 0.1) is 0 Å². The minimum absolute atomic E-state index is 0.116. The van der Waals surface area contributed by atoms with Gasteiger partial charge in [-0.2, -0.15) is 0 Å². The standard InChI is InChI=1S/C16H6O6S/c17-13-9-3-1-7-5-11(9)15(19)22-16(20)12-6-8(23-7)2-4-10(12)14(18)21-13/h1-6H. The van der Waals surface area contributed by atoms with Crippen LogP contribution in [0.5, 0.6) is 0 Å². The summed E-state index contributed by atoms with van der Waals surface area (Å²) in [6.07, 6.45) is 0. The monoisotopic (exact) mass is 326 g/mol. The Morgan fingerprint density at radius 2 is 1.17 bits per heavy atom. The molecule has 0 unspecified atom stereocenters. The number of ether oxygens (including phenoxy) is 1. The summed E-state index contributed by atoms with van der Waals surface area (Å²) in [5.74, 6) is -1.94. The molecule has 4 rings (SSSR count). The van der Waals surface area contributed by atoms with Gasteiger partial charge in [0, 0.05) is 9.40 Å². The SMILES string of the molecule is O=C1OC(=O)c2ccc3cc2c(=O)oc(=O)c2cc(ccc21)s3. The molecule has 2 heterocycles. The zero-order chi connectivity index (χ0) is 16.1. The van der Waals surface area contributed by atoms with Crippen molar-refractivity contribution in [2.75, 3.05) is 0 Å². The minimum Gasteiger partial charge on any atom is -0.386 e. The van der Waals surface area contributed by atoms with E-state index in [-0.39, 0.29) is 21.9 Å². The first-order chi connectivity index (χ1) is 11.0. The molecule has 6 nitrogen and oxygen atoms in total. The van der Waals surface area contributed by atoms with Gasteiger partial charge in [-0.1, -0.05) is 0 Å². The molecule has 2 aromatic carbocycles. The van der Waals surface area contributed by atoms with Crippen molar-refractivity contribution >= 4 is 43.4 Å². The lowest BCUT2D eigenvalue weighted by Gasteiger charge is -2.07. The van der Waals surface area contributed by atoms with Crippen LogP contribution in [-0.4, -0.2) is 11.9 Å². The fourth-order valence-corrected chi connectivity index (χ4v) is 3.29. The van der Waals surface area contributed by atoms with Crippen molar-refractivity contribution in [2.45, 2.75) is 0 Å². The first kappa shape index (κ1) is 13.6. The van der Waals surface area contributed by atoms with Crippen LogP contribution in [-0.2, 0) is 4.74 Å². The fraction of sp³-hybridized carbons (Fsp3) is 0. The number of hydrogen-bond donors (Lipinski definition) is 0. The molecule has 0 atom stereocenters. The fourth-order valence-electron chi connectivity index (χ4n) is 2.39. The molecule has 0 radical (unpaired) electrons. The van der Waals surface area contributed by atoms with Gasteiger partial charge in [0.15, 0.2) is 0 Å². The van der Waals surface area contributed by atoms with Crippen molar-refractivity contribution in [3.8, 4) is 0 Å². The Balaban J connectivity index is 2.42. The second-order valence-electron chi connectivity index (χ2n) is 4.87. The number of esters is 2. The lowest BCUT2D eigenvalue weighted by atomic mass is 10.1. The van der Waals surface area contributed by atoms with E-state index in [0.29, 0.717) is 9.40 Å². The summed E-state index contributed by atoms with van der Waals surface area (Å²) >= 11 is 1.30. The molecule has 1 aliphatic heterocycles. The highest BCUT2D eigenvalue weighted by atomic mass is 32.1. The van der Waals surface area contributed by atoms with Gasteiger partial charge in [-0.3, -0.25) is 0 Å². The van der Waals surface area contributed by atoms with Crippen LogP contribution < -0.4 is 11.3 Å². The molecule has 3 aromatic rings. The highest BCUT2D eigenvalue weighted by Gasteiger charge is 2.22. The summed E-state index contributed by atoms with van der Waals surface area (Å²) < 4.78 is 11.0. The molecule has 1 aliphatic rings. The maximum Gasteiger partial charge on any atom is 0.346 e. The first-order valence-electron chi connectivity index (χ1n) is 6.52. The van der Waals surface area contributed by atoms with E-state index in [2.05, 4.69) is 0 Å². The van der Waals surface area contributed by atoms with Gasteiger partial charge in [-0.05, 0) is 36.4 Å². The Morgan fingerprint density at radius 3 is 1.65 bits per heavy atom. The molecule has 0 spiro atoms. The molecule has 112 valence electrons.